The monoisotopic (exact) mass is 449 g/mol. The smallest absolute Gasteiger partial charge is 0.256 e. The second kappa shape index (κ2) is 8.89. The van der Waals surface area contributed by atoms with E-state index in [9.17, 15) is 4.79 Å². The van der Waals surface area contributed by atoms with E-state index in [-0.39, 0.29) is 11.9 Å². The lowest BCUT2D eigenvalue weighted by atomic mass is 10.0. The van der Waals surface area contributed by atoms with Gasteiger partial charge in [0.15, 0.2) is 0 Å². The molecule has 1 atom stereocenters. The molecule has 0 radical (unpaired) electrons. The summed E-state index contributed by atoms with van der Waals surface area (Å²) in [7, 11) is 0. The third-order valence-corrected chi connectivity index (χ3v) is 5.58. The highest BCUT2D eigenvalue weighted by Gasteiger charge is 2.30. The van der Waals surface area contributed by atoms with E-state index in [0.717, 1.165) is 11.3 Å². The number of nitrogens with zero attached hydrogens (tertiary/aromatic N) is 7. The maximum atomic E-state index is 13.6. The first-order valence-electron chi connectivity index (χ1n) is 10.2. The number of carbonyl (C=O) groups is 1. The third-order valence-electron chi connectivity index (χ3n) is 5.34. The molecule has 32 heavy (non-hydrogen) atoms. The average molecular weight is 450 g/mol. The molecule has 5 rings (SSSR count). The Morgan fingerprint density at radius 2 is 1.75 bits per heavy atom. The predicted octanol–water partition coefficient (Wildman–Crippen LogP) is 2.59. The molecular formula is C22H20ClN7O2. The summed E-state index contributed by atoms with van der Waals surface area (Å²) in [6, 6.07) is 13.0. The van der Waals surface area contributed by atoms with Crippen LogP contribution in [0.15, 0.2) is 67.3 Å². The van der Waals surface area contributed by atoms with E-state index >= 15 is 0 Å². The number of hydrogen-bond donors (Lipinski definition) is 0. The lowest BCUT2D eigenvalue weighted by molar-refractivity contribution is -0.00165. The molecule has 2 aromatic heterocycles. The molecule has 1 aliphatic heterocycles. The SMILES string of the molecule is O=C(c1cc(Cl)ccc1-n1nccn1)N1CCOC[C@H]1Cc1cccc(-n2nccn2)c1. The van der Waals surface area contributed by atoms with Crippen molar-refractivity contribution in [2.75, 3.05) is 19.8 Å². The topological polar surface area (TPSA) is 91.0 Å². The summed E-state index contributed by atoms with van der Waals surface area (Å²) >= 11 is 6.23. The number of carbonyl (C=O) groups excluding carboxylic acids is 1. The van der Waals surface area contributed by atoms with Crippen LogP contribution in [0.5, 0.6) is 0 Å². The number of aromatic nitrogens is 6. The highest BCUT2D eigenvalue weighted by Crippen LogP contribution is 2.24. The molecule has 0 saturated carbocycles. The Morgan fingerprint density at radius 1 is 1.00 bits per heavy atom. The van der Waals surface area contributed by atoms with E-state index in [0.29, 0.717) is 42.5 Å². The van der Waals surface area contributed by atoms with Crippen molar-refractivity contribution < 1.29 is 9.53 Å². The van der Waals surface area contributed by atoms with Crippen molar-refractivity contribution in [3.05, 3.63) is 83.4 Å². The lowest BCUT2D eigenvalue weighted by Crippen LogP contribution is -2.50. The van der Waals surface area contributed by atoms with Crippen LogP contribution in [0.2, 0.25) is 5.02 Å². The van der Waals surface area contributed by atoms with E-state index < -0.39 is 0 Å². The van der Waals surface area contributed by atoms with Gasteiger partial charge in [0.05, 0.1) is 61.0 Å². The molecule has 0 N–H and O–H groups in total. The molecule has 9 nitrogen and oxygen atoms in total. The van der Waals surface area contributed by atoms with E-state index in [4.69, 9.17) is 16.3 Å². The van der Waals surface area contributed by atoms with Crippen LogP contribution in [-0.2, 0) is 11.2 Å². The van der Waals surface area contributed by atoms with Gasteiger partial charge in [-0.1, -0.05) is 23.7 Å². The minimum Gasteiger partial charge on any atom is -0.377 e. The zero-order chi connectivity index (χ0) is 21.9. The fraction of sp³-hybridized carbons (Fsp3) is 0.227. The molecule has 0 spiro atoms. The Balaban J connectivity index is 1.43. The Morgan fingerprint density at radius 3 is 2.53 bits per heavy atom. The molecule has 2 aromatic carbocycles. The zero-order valence-electron chi connectivity index (χ0n) is 17.1. The molecule has 0 aliphatic carbocycles. The second-order valence-electron chi connectivity index (χ2n) is 7.40. The Hall–Kier alpha value is -3.56. The van der Waals surface area contributed by atoms with Crippen molar-refractivity contribution in [3.63, 3.8) is 0 Å². The van der Waals surface area contributed by atoms with Crippen LogP contribution in [0.4, 0.5) is 0 Å². The molecule has 162 valence electrons. The van der Waals surface area contributed by atoms with Gasteiger partial charge in [0, 0.05) is 11.6 Å². The Kier molecular flexibility index (Phi) is 5.66. The van der Waals surface area contributed by atoms with Gasteiger partial charge in [-0.2, -0.15) is 30.0 Å². The number of amides is 1. The second-order valence-corrected chi connectivity index (χ2v) is 7.84. The Bertz CT molecular complexity index is 1210. The zero-order valence-corrected chi connectivity index (χ0v) is 17.8. The molecule has 1 amide bonds. The van der Waals surface area contributed by atoms with Gasteiger partial charge in [-0.3, -0.25) is 4.79 Å². The minimum atomic E-state index is -0.130. The van der Waals surface area contributed by atoms with Crippen LogP contribution in [0.1, 0.15) is 15.9 Å². The number of rotatable bonds is 5. The number of halogens is 1. The molecule has 0 bridgehead atoms. The van der Waals surface area contributed by atoms with Crippen molar-refractivity contribution >= 4 is 17.5 Å². The molecule has 1 aliphatic rings. The summed E-state index contributed by atoms with van der Waals surface area (Å²) in [4.78, 5) is 18.5. The van der Waals surface area contributed by atoms with Crippen molar-refractivity contribution in [2.45, 2.75) is 12.5 Å². The van der Waals surface area contributed by atoms with Crippen molar-refractivity contribution in [2.24, 2.45) is 0 Å². The Labute approximate surface area is 189 Å². The predicted molar refractivity (Wildman–Crippen MR) is 117 cm³/mol. The fourth-order valence-electron chi connectivity index (χ4n) is 3.87. The van der Waals surface area contributed by atoms with Crippen molar-refractivity contribution in [3.8, 4) is 11.4 Å². The quantitative estimate of drug-likeness (QED) is 0.465. The van der Waals surface area contributed by atoms with Gasteiger partial charge in [0.25, 0.3) is 5.91 Å². The molecule has 1 saturated heterocycles. The number of morpholine rings is 1. The first kappa shape index (κ1) is 20.3. The van der Waals surface area contributed by atoms with Gasteiger partial charge in [-0.15, -0.1) is 0 Å². The minimum absolute atomic E-state index is 0.127. The van der Waals surface area contributed by atoms with Gasteiger partial charge >= 0.3 is 0 Å². The molecular weight excluding hydrogens is 430 g/mol. The summed E-state index contributed by atoms with van der Waals surface area (Å²) in [5.41, 5.74) is 2.97. The van der Waals surface area contributed by atoms with E-state index in [1.54, 1.807) is 47.8 Å². The summed E-state index contributed by atoms with van der Waals surface area (Å²) in [5.74, 6) is -0.127. The number of ether oxygens (including phenoxy) is 1. The van der Waals surface area contributed by atoms with Gasteiger partial charge in [-0.25, -0.2) is 0 Å². The van der Waals surface area contributed by atoms with Crippen LogP contribution in [0.3, 0.4) is 0 Å². The summed E-state index contributed by atoms with van der Waals surface area (Å²) < 4.78 is 5.72. The molecule has 1 fully saturated rings. The van der Waals surface area contributed by atoms with Gasteiger partial charge in [-0.05, 0) is 42.3 Å². The maximum Gasteiger partial charge on any atom is 0.256 e. The van der Waals surface area contributed by atoms with Crippen molar-refractivity contribution in [1.29, 1.82) is 0 Å². The number of hydrogen-bond acceptors (Lipinski definition) is 6. The molecule has 4 aromatic rings. The standard InChI is InChI=1S/C22H20ClN7O2/c23-17-4-5-21(30-26-8-9-27-30)20(14-17)22(31)28-10-11-32-15-19(28)13-16-2-1-3-18(12-16)29-24-6-7-25-29/h1-9,12,14,19H,10-11,13,15H2/t19-/m1/s1. The third kappa shape index (κ3) is 4.12. The fourth-order valence-corrected chi connectivity index (χ4v) is 4.04. The van der Waals surface area contributed by atoms with Crippen molar-refractivity contribution in [1.82, 2.24) is 34.9 Å². The summed E-state index contributed by atoms with van der Waals surface area (Å²) in [6.45, 7) is 1.42. The van der Waals surface area contributed by atoms with Crippen LogP contribution in [0, 0.1) is 0 Å². The first-order valence-corrected chi connectivity index (χ1v) is 10.6. The highest BCUT2D eigenvalue weighted by molar-refractivity contribution is 6.31. The normalized spacial score (nSPS) is 16.3. The first-order chi connectivity index (χ1) is 15.7. The maximum absolute atomic E-state index is 13.6. The van der Waals surface area contributed by atoms with E-state index in [1.165, 1.54) is 4.80 Å². The van der Waals surface area contributed by atoms with Gasteiger partial charge in [0.2, 0.25) is 0 Å². The molecule has 0 unspecified atom stereocenters. The summed E-state index contributed by atoms with van der Waals surface area (Å²) in [5, 5.41) is 17.2. The van der Waals surface area contributed by atoms with Crippen LogP contribution in [0.25, 0.3) is 11.4 Å². The average Bonchev–Trinajstić information content (AvgIpc) is 3.54. The van der Waals surface area contributed by atoms with Crippen LogP contribution in [-0.4, -0.2) is 66.6 Å². The lowest BCUT2D eigenvalue weighted by Gasteiger charge is -2.36. The highest BCUT2D eigenvalue weighted by atomic mass is 35.5. The van der Waals surface area contributed by atoms with Crippen LogP contribution < -0.4 is 0 Å². The summed E-state index contributed by atoms with van der Waals surface area (Å²) in [6.07, 6.45) is 7.05. The largest absolute Gasteiger partial charge is 0.377 e. The molecule has 3 heterocycles. The van der Waals surface area contributed by atoms with Crippen LogP contribution >= 0.6 is 11.6 Å². The van der Waals surface area contributed by atoms with Gasteiger partial charge < -0.3 is 9.64 Å². The van der Waals surface area contributed by atoms with E-state index in [1.807, 2.05) is 29.2 Å². The van der Waals surface area contributed by atoms with E-state index in [2.05, 4.69) is 20.4 Å². The number of benzene rings is 2. The van der Waals surface area contributed by atoms with Gasteiger partial charge in [0.1, 0.15) is 0 Å². The molecule has 10 heteroatoms.